The Morgan fingerprint density at radius 2 is 2.00 bits per heavy atom. The van der Waals surface area contributed by atoms with Gasteiger partial charge < -0.3 is 10.0 Å². The Kier molecular flexibility index (Phi) is 3.86. The molecule has 1 aromatic rings. The van der Waals surface area contributed by atoms with Crippen LogP contribution < -0.4 is 0 Å². The van der Waals surface area contributed by atoms with Crippen LogP contribution in [0.3, 0.4) is 0 Å². The summed E-state index contributed by atoms with van der Waals surface area (Å²) in [7, 11) is 0. The molecular formula is C15H17F3N2O2. The predicted molar refractivity (Wildman–Crippen MR) is 73.3 cm³/mol. The summed E-state index contributed by atoms with van der Waals surface area (Å²) in [6, 6.07) is 4.62. The normalized spacial score (nSPS) is 26.1. The topological polar surface area (TPSA) is 43.8 Å². The molecule has 2 fully saturated rings. The molecule has 1 amide bonds. The highest BCUT2D eigenvalue weighted by Crippen LogP contribution is 2.30. The number of aliphatic hydroxyl groups is 1. The van der Waals surface area contributed by atoms with Gasteiger partial charge in [-0.05, 0) is 24.6 Å². The van der Waals surface area contributed by atoms with Crippen molar-refractivity contribution in [3.8, 4) is 0 Å². The average Bonchev–Trinajstić information content (AvgIpc) is 2.84. The van der Waals surface area contributed by atoms with Crippen molar-refractivity contribution in [1.29, 1.82) is 0 Å². The van der Waals surface area contributed by atoms with Crippen LogP contribution >= 0.6 is 0 Å². The number of hydrogen-bond acceptors (Lipinski definition) is 3. The van der Waals surface area contributed by atoms with Gasteiger partial charge in [0.1, 0.15) is 0 Å². The lowest BCUT2D eigenvalue weighted by Gasteiger charge is -2.37. The number of amides is 1. The number of halogens is 3. The first-order chi connectivity index (χ1) is 10.3. The number of carbonyl (C=O) groups is 1. The number of aliphatic hydroxyl groups excluding tert-OH is 1. The fourth-order valence-corrected chi connectivity index (χ4v) is 3.21. The molecule has 0 bridgehead atoms. The molecule has 0 aliphatic carbocycles. The molecule has 2 saturated heterocycles. The lowest BCUT2D eigenvalue weighted by Crippen LogP contribution is -2.52. The summed E-state index contributed by atoms with van der Waals surface area (Å²) in [5.41, 5.74) is -0.755. The SMILES string of the molecule is O=C(c1cccc(C(F)(F)F)c1)N1CCN2C[C@H](O)C[C@H]2C1. The van der Waals surface area contributed by atoms with Crippen LogP contribution in [0.25, 0.3) is 0 Å². The molecule has 0 aromatic heterocycles. The van der Waals surface area contributed by atoms with Crippen molar-refractivity contribution in [2.45, 2.75) is 24.7 Å². The third-order valence-electron chi connectivity index (χ3n) is 4.32. The monoisotopic (exact) mass is 314 g/mol. The quantitative estimate of drug-likeness (QED) is 0.856. The number of fused-ring (bicyclic) bond motifs is 1. The Balaban J connectivity index is 1.74. The molecule has 120 valence electrons. The van der Waals surface area contributed by atoms with E-state index in [9.17, 15) is 23.1 Å². The molecule has 0 spiro atoms. The number of piperazine rings is 1. The molecule has 0 radical (unpaired) electrons. The van der Waals surface area contributed by atoms with Gasteiger partial charge in [-0.2, -0.15) is 13.2 Å². The second-order valence-corrected chi connectivity index (χ2v) is 5.87. The lowest BCUT2D eigenvalue weighted by molar-refractivity contribution is -0.137. The lowest BCUT2D eigenvalue weighted by atomic mass is 10.1. The highest BCUT2D eigenvalue weighted by atomic mass is 19.4. The van der Waals surface area contributed by atoms with Gasteiger partial charge in [0.15, 0.2) is 0 Å². The van der Waals surface area contributed by atoms with Gasteiger partial charge in [-0.3, -0.25) is 9.69 Å². The highest BCUT2D eigenvalue weighted by molar-refractivity contribution is 5.94. The van der Waals surface area contributed by atoms with Crippen LogP contribution in [-0.2, 0) is 6.18 Å². The summed E-state index contributed by atoms with van der Waals surface area (Å²) in [5.74, 6) is -0.382. The molecule has 22 heavy (non-hydrogen) atoms. The second kappa shape index (κ2) is 5.55. The summed E-state index contributed by atoms with van der Waals surface area (Å²) in [4.78, 5) is 16.1. The molecule has 3 rings (SSSR count). The number of rotatable bonds is 1. The molecule has 2 aliphatic heterocycles. The third-order valence-corrected chi connectivity index (χ3v) is 4.32. The number of alkyl halides is 3. The van der Waals surface area contributed by atoms with E-state index >= 15 is 0 Å². The van der Waals surface area contributed by atoms with Gasteiger partial charge in [0.2, 0.25) is 0 Å². The van der Waals surface area contributed by atoms with E-state index in [1.807, 2.05) is 0 Å². The van der Waals surface area contributed by atoms with Crippen LogP contribution in [0.4, 0.5) is 13.2 Å². The number of carbonyl (C=O) groups excluding carboxylic acids is 1. The van der Waals surface area contributed by atoms with Crippen molar-refractivity contribution in [2.24, 2.45) is 0 Å². The van der Waals surface area contributed by atoms with E-state index in [-0.39, 0.29) is 23.6 Å². The van der Waals surface area contributed by atoms with Crippen molar-refractivity contribution in [3.05, 3.63) is 35.4 Å². The molecule has 1 N–H and O–H groups in total. The Morgan fingerprint density at radius 3 is 2.73 bits per heavy atom. The van der Waals surface area contributed by atoms with Crippen molar-refractivity contribution in [2.75, 3.05) is 26.2 Å². The van der Waals surface area contributed by atoms with Gasteiger partial charge in [-0.15, -0.1) is 0 Å². The van der Waals surface area contributed by atoms with Crippen LogP contribution in [-0.4, -0.2) is 59.1 Å². The number of benzene rings is 1. The maximum Gasteiger partial charge on any atom is 0.416 e. The van der Waals surface area contributed by atoms with Crippen LogP contribution in [0, 0.1) is 0 Å². The summed E-state index contributed by atoms with van der Waals surface area (Å²) in [6.45, 7) is 2.17. The zero-order chi connectivity index (χ0) is 15.9. The first-order valence-electron chi connectivity index (χ1n) is 7.23. The number of hydrogen-bond donors (Lipinski definition) is 1. The second-order valence-electron chi connectivity index (χ2n) is 5.87. The van der Waals surface area contributed by atoms with E-state index in [0.29, 0.717) is 32.6 Å². The van der Waals surface area contributed by atoms with E-state index < -0.39 is 11.7 Å². The van der Waals surface area contributed by atoms with E-state index in [4.69, 9.17) is 0 Å². The van der Waals surface area contributed by atoms with Gasteiger partial charge in [-0.25, -0.2) is 0 Å². The first kappa shape index (κ1) is 15.3. The fraction of sp³-hybridized carbons (Fsp3) is 0.533. The molecule has 1 aromatic carbocycles. The van der Waals surface area contributed by atoms with Crippen molar-refractivity contribution >= 4 is 5.91 Å². The van der Waals surface area contributed by atoms with Crippen LogP contribution in [0.1, 0.15) is 22.3 Å². The van der Waals surface area contributed by atoms with Crippen LogP contribution in [0.2, 0.25) is 0 Å². The van der Waals surface area contributed by atoms with Crippen LogP contribution in [0.15, 0.2) is 24.3 Å². The summed E-state index contributed by atoms with van der Waals surface area (Å²) >= 11 is 0. The molecule has 2 aliphatic rings. The van der Waals surface area contributed by atoms with E-state index in [0.717, 1.165) is 12.1 Å². The molecular weight excluding hydrogens is 297 g/mol. The zero-order valence-electron chi connectivity index (χ0n) is 11.9. The predicted octanol–water partition coefficient (Wildman–Crippen LogP) is 1.60. The Hall–Kier alpha value is -1.60. The molecule has 7 heteroatoms. The van der Waals surface area contributed by atoms with E-state index in [2.05, 4.69) is 4.90 Å². The third kappa shape index (κ3) is 2.96. The van der Waals surface area contributed by atoms with Gasteiger partial charge in [0, 0.05) is 37.8 Å². The molecule has 0 saturated carbocycles. The van der Waals surface area contributed by atoms with Crippen molar-refractivity contribution < 1.29 is 23.1 Å². The summed E-state index contributed by atoms with van der Waals surface area (Å²) < 4.78 is 38.2. The van der Waals surface area contributed by atoms with Gasteiger partial charge in [0.05, 0.1) is 11.7 Å². The van der Waals surface area contributed by atoms with Gasteiger partial charge >= 0.3 is 6.18 Å². The smallest absolute Gasteiger partial charge is 0.392 e. The average molecular weight is 314 g/mol. The maximum atomic E-state index is 12.7. The fourth-order valence-electron chi connectivity index (χ4n) is 3.21. The maximum absolute atomic E-state index is 12.7. The first-order valence-corrected chi connectivity index (χ1v) is 7.23. The zero-order valence-corrected chi connectivity index (χ0v) is 11.9. The summed E-state index contributed by atoms with van der Waals surface area (Å²) in [6.07, 6.45) is -4.23. The van der Waals surface area contributed by atoms with Gasteiger partial charge in [-0.1, -0.05) is 6.07 Å². The largest absolute Gasteiger partial charge is 0.416 e. The highest BCUT2D eigenvalue weighted by Gasteiger charge is 2.37. The molecule has 0 unspecified atom stereocenters. The van der Waals surface area contributed by atoms with E-state index in [1.165, 1.54) is 12.1 Å². The van der Waals surface area contributed by atoms with Gasteiger partial charge in [0.25, 0.3) is 5.91 Å². The molecule has 4 nitrogen and oxygen atoms in total. The van der Waals surface area contributed by atoms with E-state index in [1.54, 1.807) is 4.90 Å². The standard InChI is InChI=1S/C15H17F3N2O2/c16-15(17,18)11-3-1-2-10(6-11)14(22)20-5-4-19-9-13(21)7-12(19)8-20/h1-3,6,12-13,21H,4-5,7-9H2/t12-,13+/m0/s1. The minimum atomic E-state index is -4.45. The molecule has 2 heterocycles. The number of nitrogens with zero attached hydrogens (tertiary/aromatic N) is 2. The Bertz CT molecular complexity index is 576. The summed E-state index contributed by atoms with van der Waals surface area (Å²) in [5, 5.41) is 9.66. The Morgan fingerprint density at radius 1 is 1.23 bits per heavy atom. The van der Waals surface area contributed by atoms with Crippen molar-refractivity contribution in [3.63, 3.8) is 0 Å². The minimum absolute atomic E-state index is 0.0572. The van der Waals surface area contributed by atoms with Crippen LogP contribution in [0.5, 0.6) is 0 Å². The van der Waals surface area contributed by atoms with Crippen molar-refractivity contribution in [1.82, 2.24) is 9.80 Å². The Labute approximate surface area is 126 Å². The minimum Gasteiger partial charge on any atom is -0.392 e. The molecule has 2 atom stereocenters.